The van der Waals surface area contributed by atoms with Gasteiger partial charge in [-0.25, -0.2) is 4.79 Å². The third-order valence-electron chi connectivity index (χ3n) is 8.79. The fourth-order valence-corrected chi connectivity index (χ4v) is 9.33. The summed E-state index contributed by atoms with van der Waals surface area (Å²) >= 11 is 3.40. The van der Waals surface area contributed by atoms with Gasteiger partial charge in [0.1, 0.15) is 18.1 Å². The lowest BCUT2D eigenvalue weighted by molar-refractivity contribution is -0.144. The zero-order valence-corrected chi connectivity index (χ0v) is 33.7. The lowest BCUT2D eigenvalue weighted by Gasteiger charge is -2.36. The maximum atomic E-state index is 14.3. The summed E-state index contributed by atoms with van der Waals surface area (Å²) in [6.45, 7) is 10.9. The fraction of sp³-hybridized carbons (Fsp3) is 0.649. The van der Waals surface area contributed by atoms with Crippen LogP contribution < -0.4 is 21.3 Å². The second-order valence-corrected chi connectivity index (χ2v) is 18.3. The number of amides is 6. The summed E-state index contributed by atoms with van der Waals surface area (Å²) in [5.74, 6) is -2.26. The molecule has 2 aliphatic heterocycles. The molecule has 4 N–H and O–H groups in total. The van der Waals surface area contributed by atoms with E-state index in [-0.39, 0.29) is 31.4 Å². The van der Waals surface area contributed by atoms with E-state index in [1.54, 1.807) is 74.9 Å². The first kappa shape index (κ1) is 43.6. The monoisotopic (exact) mass is 776 g/mol. The minimum Gasteiger partial charge on any atom is -0.449 e. The van der Waals surface area contributed by atoms with Crippen molar-refractivity contribution in [1.82, 2.24) is 31.1 Å². The van der Waals surface area contributed by atoms with Crippen LogP contribution in [0, 0.1) is 11.3 Å². The number of likely N-dealkylation sites (N-methyl/N-ethyl adjacent to an activating group) is 1. The Hall–Kier alpha value is -3.79. The van der Waals surface area contributed by atoms with Crippen molar-refractivity contribution in [3.8, 4) is 0 Å². The number of rotatable bonds is 15. The van der Waals surface area contributed by atoms with Crippen LogP contribution in [0.25, 0.3) is 0 Å². The molecule has 1 aromatic rings. The van der Waals surface area contributed by atoms with Crippen molar-refractivity contribution in [2.75, 3.05) is 45.3 Å². The van der Waals surface area contributed by atoms with Crippen molar-refractivity contribution in [2.45, 2.75) is 95.5 Å². The summed E-state index contributed by atoms with van der Waals surface area (Å²) in [6.07, 6.45) is 1.18. The molecule has 1 spiro atoms. The van der Waals surface area contributed by atoms with E-state index >= 15 is 0 Å². The third-order valence-corrected chi connectivity index (χ3v) is 12.1. The molecule has 294 valence electrons. The van der Waals surface area contributed by atoms with Crippen LogP contribution in [0.1, 0.15) is 78.8 Å². The van der Waals surface area contributed by atoms with Crippen LogP contribution in [0.3, 0.4) is 0 Å². The highest BCUT2D eigenvalue weighted by molar-refractivity contribution is 8.18. The summed E-state index contributed by atoms with van der Waals surface area (Å²) in [4.78, 5) is 96.2. The SMILES string of the molecule is CCC[C@@H](NC(=O)[C@@H]1CC2(CN1C(=O)[C@@H](NC(=O)OCC(C)C)C(C)(C)C)SCCCS2)C(=O)C(=O)NCC(=O)NC(C(=O)N(C)C)c1ccccc1. The molecule has 2 heterocycles. The van der Waals surface area contributed by atoms with Crippen molar-refractivity contribution in [1.29, 1.82) is 0 Å². The predicted molar refractivity (Wildman–Crippen MR) is 206 cm³/mol. The Bertz CT molecular complexity index is 1480. The van der Waals surface area contributed by atoms with Crippen LogP contribution >= 0.6 is 23.5 Å². The van der Waals surface area contributed by atoms with Crippen LogP contribution in [0.15, 0.2) is 30.3 Å². The van der Waals surface area contributed by atoms with Gasteiger partial charge in [-0.15, -0.1) is 23.5 Å². The molecule has 53 heavy (non-hydrogen) atoms. The van der Waals surface area contributed by atoms with Gasteiger partial charge >= 0.3 is 6.09 Å². The average Bonchev–Trinajstić information content (AvgIpc) is 3.48. The molecule has 0 radical (unpaired) electrons. The van der Waals surface area contributed by atoms with E-state index in [2.05, 4.69) is 21.3 Å². The molecule has 2 aliphatic rings. The predicted octanol–water partition coefficient (Wildman–Crippen LogP) is 2.87. The van der Waals surface area contributed by atoms with E-state index in [9.17, 15) is 33.6 Å². The zero-order chi connectivity index (χ0) is 39.5. The Morgan fingerprint density at radius 3 is 2.19 bits per heavy atom. The molecule has 0 bridgehead atoms. The lowest BCUT2D eigenvalue weighted by atomic mass is 9.85. The number of thioether (sulfide) groups is 2. The van der Waals surface area contributed by atoms with Crippen LogP contribution in [0.4, 0.5) is 4.79 Å². The van der Waals surface area contributed by atoms with Gasteiger partial charge in [-0.3, -0.25) is 28.8 Å². The standard InChI is InChI=1S/C37H56N6O8S2/c1-9-14-25(29(45)32(47)38-20-27(44)40-28(33(48)42(7)8)24-15-11-10-12-16-24)39-31(46)26-19-37(52-17-13-18-53-37)22-43(26)34(49)30(36(4,5)6)41-35(50)51-21-23(2)3/h10-12,15-16,23,25-26,28,30H,9,13-14,17-22H2,1-8H3,(H,38,47)(H,39,46)(H,40,44)(H,41,50)/t25-,26+,28?,30-/m1/s1. The first-order valence-corrected chi connectivity index (χ1v) is 20.1. The average molecular weight is 777 g/mol. The number of benzene rings is 1. The van der Waals surface area contributed by atoms with Gasteiger partial charge in [-0.2, -0.15) is 0 Å². The molecule has 14 nitrogen and oxygen atoms in total. The third kappa shape index (κ3) is 12.4. The van der Waals surface area contributed by atoms with Crippen molar-refractivity contribution in [2.24, 2.45) is 11.3 Å². The Morgan fingerprint density at radius 1 is 0.981 bits per heavy atom. The van der Waals surface area contributed by atoms with Crippen molar-refractivity contribution in [3.63, 3.8) is 0 Å². The number of nitrogens with one attached hydrogen (secondary N) is 4. The Balaban J connectivity index is 1.75. The number of nitrogens with zero attached hydrogens (tertiary/aromatic N) is 2. The van der Waals surface area contributed by atoms with Crippen molar-refractivity contribution in [3.05, 3.63) is 35.9 Å². The number of hydrogen-bond donors (Lipinski definition) is 4. The van der Waals surface area contributed by atoms with Crippen LogP contribution in [0.5, 0.6) is 0 Å². The van der Waals surface area contributed by atoms with Gasteiger partial charge in [0.15, 0.2) is 0 Å². The molecule has 4 atom stereocenters. The van der Waals surface area contributed by atoms with Gasteiger partial charge in [0.25, 0.3) is 5.91 Å². The maximum absolute atomic E-state index is 14.3. The minimum atomic E-state index is -1.22. The Kier molecular flexibility index (Phi) is 16.1. The van der Waals surface area contributed by atoms with Crippen LogP contribution in [-0.4, -0.2) is 119 Å². The van der Waals surface area contributed by atoms with Crippen molar-refractivity contribution >= 4 is 64.9 Å². The maximum Gasteiger partial charge on any atom is 0.407 e. The molecule has 0 saturated carbocycles. The van der Waals surface area contributed by atoms with E-state index in [0.717, 1.165) is 17.9 Å². The summed E-state index contributed by atoms with van der Waals surface area (Å²) in [6, 6.07) is 4.44. The highest BCUT2D eigenvalue weighted by Crippen LogP contribution is 2.50. The molecule has 1 aromatic carbocycles. The first-order valence-electron chi connectivity index (χ1n) is 18.1. The fourth-order valence-electron chi connectivity index (χ4n) is 5.98. The van der Waals surface area contributed by atoms with Gasteiger partial charge in [0.05, 0.1) is 23.3 Å². The number of hydrogen-bond acceptors (Lipinski definition) is 10. The minimum absolute atomic E-state index is 0.0974. The van der Waals surface area contributed by atoms with Gasteiger partial charge in [-0.05, 0) is 41.2 Å². The second kappa shape index (κ2) is 19.5. The molecule has 2 saturated heterocycles. The number of carbonyl (C=O) groups excluding carboxylic acids is 7. The Labute approximate surface area is 321 Å². The highest BCUT2D eigenvalue weighted by Gasteiger charge is 2.53. The molecular weight excluding hydrogens is 721 g/mol. The van der Waals surface area contributed by atoms with Gasteiger partial charge in [0, 0.05) is 27.1 Å². The zero-order valence-electron chi connectivity index (χ0n) is 32.1. The highest BCUT2D eigenvalue weighted by atomic mass is 32.2. The summed E-state index contributed by atoms with van der Waals surface area (Å²) < 4.78 is 4.87. The number of carbonyl (C=O) groups is 7. The molecule has 3 rings (SSSR count). The molecule has 2 fully saturated rings. The lowest BCUT2D eigenvalue weighted by Crippen LogP contribution is -2.59. The smallest absolute Gasteiger partial charge is 0.407 e. The van der Waals surface area contributed by atoms with E-state index in [4.69, 9.17) is 4.74 Å². The number of Topliss-reactive ketones (excluding diaryl/α,β-unsaturated/α-hetero) is 1. The normalized spacial score (nSPS) is 18.4. The molecule has 16 heteroatoms. The summed E-state index contributed by atoms with van der Waals surface area (Å²) in [5, 5.41) is 10.4. The number of ketones is 1. The Morgan fingerprint density at radius 2 is 1.62 bits per heavy atom. The van der Waals surface area contributed by atoms with E-state index in [0.29, 0.717) is 18.4 Å². The van der Waals surface area contributed by atoms with E-state index < -0.39 is 75.7 Å². The largest absolute Gasteiger partial charge is 0.449 e. The van der Waals surface area contributed by atoms with E-state index in [1.165, 1.54) is 9.80 Å². The summed E-state index contributed by atoms with van der Waals surface area (Å²) in [7, 11) is 3.12. The molecule has 6 amide bonds. The van der Waals surface area contributed by atoms with Gasteiger partial charge in [0.2, 0.25) is 29.4 Å². The number of alkyl carbamates (subject to hydrolysis) is 1. The summed E-state index contributed by atoms with van der Waals surface area (Å²) in [5.41, 5.74) is -0.182. The first-order chi connectivity index (χ1) is 24.9. The van der Waals surface area contributed by atoms with E-state index in [1.807, 2.05) is 34.6 Å². The van der Waals surface area contributed by atoms with Crippen molar-refractivity contribution < 1.29 is 38.3 Å². The number of likely N-dealkylation sites (tertiary alicyclic amines) is 1. The number of ether oxygens (including phenoxy) is 1. The second-order valence-electron chi connectivity index (χ2n) is 15.1. The molecule has 0 aromatic heterocycles. The van der Waals surface area contributed by atoms with Crippen LogP contribution in [0.2, 0.25) is 0 Å². The molecular formula is C37H56N6O8S2. The van der Waals surface area contributed by atoms with Crippen LogP contribution in [-0.2, 0) is 33.5 Å². The van der Waals surface area contributed by atoms with Gasteiger partial charge < -0.3 is 35.8 Å². The topological polar surface area (TPSA) is 183 Å². The quantitative estimate of drug-likeness (QED) is 0.193. The molecule has 0 aliphatic carbocycles. The van der Waals surface area contributed by atoms with Gasteiger partial charge in [-0.1, -0.05) is 78.3 Å². The molecule has 1 unspecified atom stereocenters.